The van der Waals surface area contributed by atoms with Crippen LogP contribution in [0, 0.1) is 17.3 Å². The van der Waals surface area contributed by atoms with Crippen LogP contribution in [0.5, 0.6) is 0 Å². The van der Waals surface area contributed by atoms with Gasteiger partial charge in [0, 0.05) is 5.71 Å². The molecule has 3 atom stereocenters. The van der Waals surface area contributed by atoms with E-state index in [4.69, 9.17) is 4.99 Å². The average molecular weight is 253 g/mol. The third-order valence-electron chi connectivity index (χ3n) is 5.22. The van der Waals surface area contributed by atoms with Crippen molar-refractivity contribution in [3.05, 3.63) is 0 Å². The third-order valence-corrected chi connectivity index (χ3v) is 5.22. The minimum atomic E-state index is 0.0185. The minimum Gasteiger partial charge on any atom is -0.288 e. The molecule has 0 aliphatic carbocycles. The molecule has 108 valence electrons. The maximum Gasteiger partial charge on any atom is 0.0607 e. The molecule has 0 bridgehead atoms. The van der Waals surface area contributed by atoms with Crippen molar-refractivity contribution >= 4 is 5.71 Å². The highest BCUT2D eigenvalue weighted by molar-refractivity contribution is 5.79. The molecule has 1 heteroatoms. The fourth-order valence-electron chi connectivity index (χ4n) is 3.60. The summed E-state index contributed by atoms with van der Waals surface area (Å²) in [5, 5.41) is 0. The molecule has 3 unspecified atom stereocenters. The molecule has 0 rings (SSSR count). The van der Waals surface area contributed by atoms with Gasteiger partial charge in [-0.15, -0.1) is 0 Å². The molecular formula is C17H35N. The van der Waals surface area contributed by atoms with Crippen molar-refractivity contribution in [1.29, 1.82) is 0 Å². The van der Waals surface area contributed by atoms with Crippen LogP contribution in [0.2, 0.25) is 0 Å². The summed E-state index contributed by atoms with van der Waals surface area (Å²) in [6.07, 6.45) is 3.71. The van der Waals surface area contributed by atoms with Gasteiger partial charge >= 0.3 is 0 Å². The molecule has 0 amide bonds. The first-order chi connectivity index (χ1) is 8.16. The topological polar surface area (TPSA) is 12.4 Å². The van der Waals surface area contributed by atoms with E-state index in [2.05, 4.69) is 62.3 Å². The van der Waals surface area contributed by atoms with Gasteiger partial charge in [0.2, 0.25) is 0 Å². The molecule has 0 saturated heterocycles. The van der Waals surface area contributed by atoms with E-state index in [9.17, 15) is 0 Å². The SMILES string of the molecule is CCC(C)C(CC)C(C)(CC)C(C)(C)N=C(C)C. The second-order valence-corrected chi connectivity index (χ2v) is 6.79. The second kappa shape index (κ2) is 6.73. The molecule has 0 heterocycles. The monoisotopic (exact) mass is 253 g/mol. The summed E-state index contributed by atoms with van der Waals surface area (Å²) in [7, 11) is 0. The van der Waals surface area contributed by atoms with E-state index >= 15 is 0 Å². The van der Waals surface area contributed by atoms with E-state index in [1.54, 1.807) is 0 Å². The highest BCUT2D eigenvalue weighted by Crippen LogP contribution is 2.49. The van der Waals surface area contributed by atoms with E-state index in [1.165, 1.54) is 25.0 Å². The first-order valence-corrected chi connectivity index (χ1v) is 7.69. The molecule has 0 N–H and O–H groups in total. The molecule has 1 nitrogen and oxygen atoms in total. The molecule has 18 heavy (non-hydrogen) atoms. The molecule has 0 radical (unpaired) electrons. The zero-order chi connectivity index (χ0) is 14.6. The Morgan fingerprint density at radius 2 is 1.50 bits per heavy atom. The Balaban J connectivity index is 5.51. The van der Waals surface area contributed by atoms with Gasteiger partial charge in [-0.25, -0.2) is 0 Å². The molecule has 0 fully saturated rings. The van der Waals surface area contributed by atoms with Crippen LogP contribution in [-0.2, 0) is 0 Å². The first-order valence-electron chi connectivity index (χ1n) is 7.69. The summed E-state index contributed by atoms with van der Waals surface area (Å²) < 4.78 is 0. The Kier molecular flexibility index (Phi) is 6.60. The number of nitrogens with zero attached hydrogens (tertiary/aromatic N) is 1. The van der Waals surface area contributed by atoms with Crippen molar-refractivity contribution in [3.63, 3.8) is 0 Å². The Morgan fingerprint density at radius 1 is 1.00 bits per heavy atom. The number of rotatable bonds is 7. The van der Waals surface area contributed by atoms with Gasteiger partial charge in [-0.1, -0.05) is 47.5 Å². The molecule has 0 aromatic heterocycles. The van der Waals surface area contributed by atoms with Crippen molar-refractivity contribution in [1.82, 2.24) is 0 Å². The van der Waals surface area contributed by atoms with Crippen molar-refractivity contribution < 1.29 is 0 Å². The Hall–Kier alpha value is -0.330. The molecule has 0 saturated carbocycles. The Bertz CT molecular complexity index is 273. The van der Waals surface area contributed by atoms with E-state index in [0.29, 0.717) is 0 Å². The van der Waals surface area contributed by atoms with E-state index in [0.717, 1.165) is 11.8 Å². The van der Waals surface area contributed by atoms with Crippen LogP contribution in [0.25, 0.3) is 0 Å². The van der Waals surface area contributed by atoms with Crippen LogP contribution in [0.15, 0.2) is 4.99 Å². The van der Waals surface area contributed by atoms with Crippen molar-refractivity contribution in [2.24, 2.45) is 22.2 Å². The zero-order valence-corrected chi connectivity index (χ0v) is 14.2. The summed E-state index contributed by atoms with van der Waals surface area (Å²) in [4.78, 5) is 4.95. The normalized spacial score (nSPS) is 18.9. The minimum absolute atomic E-state index is 0.0185. The maximum absolute atomic E-state index is 4.95. The molecule has 0 aromatic rings. The van der Waals surface area contributed by atoms with Gasteiger partial charge in [-0.05, 0) is 51.4 Å². The average Bonchev–Trinajstić information content (AvgIpc) is 2.27. The lowest BCUT2D eigenvalue weighted by Gasteiger charge is -2.49. The zero-order valence-electron chi connectivity index (χ0n) is 14.2. The van der Waals surface area contributed by atoms with Crippen molar-refractivity contribution in [3.8, 4) is 0 Å². The molecular weight excluding hydrogens is 218 g/mol. The van der Waals surface area contributed by atoms with Gasteiger partial charge < -0.3 is 0 Å². The summed E-state index contributed by atoms with van der Waals surface area (Å²) in [6, 6.07) is 0. The van der Waals surface area contributed by atoms with E-state index in [-0.39, 0.29) is 11.0 Å². The van der Waals surface area contributed by atoms with Gasteiger partial charge in [-0.2, -0.15) is 0 Å². The standard InChI is InChI=1S/C17H35N/c1-10-14(6)15(11-2)17(9,12-3)16(7,8)18-13(4)5/h14-15H,10-12H2,1-9H3. The number of hydrogen-bond acceptors (Lipinski definition) is 1. The molecule has 0 aliphatic heterocycles. The summed E-state index contributed by atoms with van der Waals surface area (Å²) >= 11 is 0. The van der Waals surface area contributed by atoms with Gasteiger partial charge in [0.05, 0.1) is 5.54 Å². The Morgan fingerprint density at radius 3 is 1.78 bits per heavy atom. The van der Waals surface area contributed by atoms with Crippen LogP contribution in [0.4, 0.5) is 0 Å². The lowest BCUT2D eigenvalue weighted by atomic mass is 9.58. The fraction of sp³-hybridized carbons (Fsp3) is 0.941. The van der Waals surface area contributed by atoms with Crippen molar-refractivity contribution in [2.75, 3.05) is 0 Å². The van der Waals surface area contributed by atoms with Crippen LogP contribution >= 0.6 is 0 Å². The maximum atomic E-state index is 4.95. The predicted molar refractivity (Wildman–Crippen MR) is 84.5 cm³/mol. The number of hydrogen-bond donors (Lipinski definition) is 0. The molecule has 0 aliphatic rings. The smallest absolute Gasteiger partial charge is 0.0607 e. The van der Waals surface area contributed by atoms with Gasteiger partial charge in [0.25, 0.3) is 0 Å². The lowest BCUT2D eigenvalue weighted by Crippen LogP contribution is -2.47. The van der Waals surface area contributed by atoms with Crippen molar-refractivity contribution in [2.45, 2.75) is 87.1 Å². The highest BCUT2D eigenvalue weighted by Gasteiger charge is 2.46. The fourth-order valence-corrected chi connectivity index (χ4v) is 3.60. The summed E-state index contributed by atoms with van der Waals surface area (Å²) in [6.45, 7) is 20.7. The van der Waals surface area contributed by atoms with E-state index in [1.807, 2.05) is 0 Å². The number of aliphatic imine (C=N–C) groups is 1. The predicted octanol–water partition coefficient (Wildman–Crippen LogP) is 5.73. The van der Waals surface area contributed by atoms with E-state index < -0.39 is 0 Å². The Labute approximate surface area is 115 Å². The van der Waals surface area contributed by atoms with Crippen LogP contribution in [0.3, 0.4) is 0 Å². The first kappa shape index (κ1) is 17.7. The highest BCUT2D eigenvalue weighted by atomic mass is 14.9. The van der Waals surface area contributed by atoms with Crippen LogP contribution < -0.4 is 0 Å². The summed E-state index contributed by atoms with van der Waals surface area (Å²) in [5.74, 6) is 1.51. The second-order valence-electron chi connectivity index (χ2n) is 6.79. The molecule has 0 spiro atoms. The van der Waals surface area contributed by atoms with Gasteiger partial charge in [0.15, 0.2) is 0 Å². The largest absolute Gasteiger partial charge is 0.288 e. The summed E-state index contributed by atoms with van der Waals surface area (Å²) in [5.41, 5.74) is 1.48. The van der Waals surface area contributed by atoms with Crippen LogP contribution in [-0.4, -0.2) is 11.3 Å². The quantitative estimate of drug-likeness (QED) is 0.513. The van der Waals surface area contributed by atoms with Crippen LogP contribution in [0.1, 0.15) is 81.6 Å². The van der Waals surface area contributed by atoms with Gasteiger partial charge in [0.1, 0.15) is 0 Å². The lowest BCUT2D eigenvalue weighted by molar-refractivity contribution is 0.0413. The molecule has 0 aromatic carbocycles. The third kappa shape index (κ3) is 3.59. The van der Waals surface area contributed by atoms with Gasteiger partial charge in [-0.3, -0.25) is 4.99 Å².